The predicted octanol–water partition coefficient (Wildman–Crippen LogP) is 4.62. The molecule has 0 saturated carbocycles. The van der Waals surface area contributed by atoms with Crippen LogP contribution < -0.4 is 10.6 Å². The number of benzene rings is 2. The molecule has 2 aromatic heterocycles. The maximum atomic E-state index is 13.3. The Labute approximate surface area is 177 Å². The van der Waals surface area contributed by atoms with Crippen molar-refractivity contribution in [1.29, 1.82) is 0 Å². The Bertz CT molecular complexity index is 1080. The lowest BCUT2D eigenvalue weighted by atomic mass is 10.1. The number of thiophene rings is 1. The van der Waals surface area contributed by atoms with Crippen LogP contribution in [-0.4, -0.2) is 20.8 Å². The number of carbonyl (C=O) groups excluding carboxylic acids is 1. The van der Waals surface area contributed by atoms with Crippen molar-refractivity contribution in [3.63, 3.8) is 0 Å². The minimum atomic E-state index is -0.354. The first-order valence-electron chi connectivity index (χ1n) is 9.41. The number of amides is 2. The Morgan fingerprint density at radius 2 is 1.77 bits per heavy atom. The number of hydrogen-bond acceptors (Lipinski definition) is 4. The van der Waals surface area contributed by atoms with Crippen LogP contribution in [0.25, 0.3) is 5.69 Å². The van der Waals surface area contributed by atoms with E-state index in [0.717, 1.165) is 21.7 Å². The number of urea groups is 1. The van der Waals surface area contributed by atoms with Gasteiger partial charge in [-0.1, -0.05) is 30.3 Å². The first kappa shape index (κ1) is 19.8. The van der Waals surface area contributed by atoms with E-state index in [9.17, 15) is 9.18 Å². The van der Waals surface area contributed by atoms with E-state index in [-0.39, 0.29) is 23.9 Å². The summed E-state index contributed by atoms with van der Waals surface area (Å²) in [5.41, 5.74) is 2.67. The molecule has 0 aliphatic rings. The molecule has 2 N–H and O–H groups in total. The van der Waals surface area contributed by atoms with Crippen molar-refractivity contribution in [3.05, 3.63) is 101 Å². The van der Waals surface area contributed by atoms with Crippen molar-refractivity contribution in [1.82, 2.24) is 25.4 Å². The summed E-state index contributed by atoms with van der Waals surface area (Å²) in [6, 6.07) is 16.9. The number of halogens is 1. The van der Waals surface area contributed by atoms with Crippen molar-refractivity contribution in [3.8, 4) is 5.69 Å². The number of carbonyl (C=O) groups is 1. The Morgan fingerprint density at radius 3 is 2.40 bits per heavy atom. The molecule has 0 spiro atoms. The summed E-state index contributed by atoms with van der Waals surface area (Å²) in [6.07, 6.45) is 3.11. The fourth-order valence-corrected chi connectivity index (χ4v) is 3.94. The van der Waals surface area contributed by atoms with E-state index in [1.165, 1.54) is 29.8 Å². The van der Waals surface area contributed by atoms with E-state index < -0.39 is 0 Å². The van der Waals surface area contributed by atoms with Gasteiger partial charge in [0.15, 0.2) is 0 Å². The van der Waals surface area contributed by atoms with Crippen LogP contribution in [0.4, 0.5) is 9.18 Å². The SMILES string of the molecule is CC(NC(=O)NC(c1ccc(F)cc1)c1cccs1)c1ccc(-n2cncn2)cc1. The number of aromatic nitrogens is 3. The number of rotatable bonds is 6. The Balaban J connectivity index is 1.44. The smallest absolute Gasteiger partial charge is 0.316 e. The monoisotopic (exact) mass is 421 g/mol. The molecular weight excluding hydrogens is 401 g/mol. The minimum absolute atomic E-state index is 0.202. The van der Waals surface area contributed by atoms with Crippen molar-refractivity contribution >= 4 is 17.4 Å². The van der Waals surface area contributed by atoms with Crippen LogP contribution >= 0.6 is 11.3 Å². The third-order valence-corrected chi connectivity index (χ3v) is 5.67. The molecule has 30 heavy (non-hydrogen) atoms. The molecule has 2 unspecified atom stereocenters. The van der Waals surface area contributed by atoms with Crippen LogP contribution in [-0.2, 0) is 0 Å². The van der Waals surface area contributed by atoms with Gasteiger partial charge in [0, 0.05) is 4.88 Å². The van der Waals surface area contributed by atoms with Crippen LogP contribution in [0.3, 0.4) is 0 Å². The van der Waals surface area contributed by atoms with Crippen molar-refractivity contribution in [2.45, 2.75) is 19.0 Å². The van der Waals surface area contributed by atoms with Crippen molar-refractivity contribution in [2.75, 3.05) is 0 Å². The van der Waals surface area contributed by atoms with Gasteiger partial charge in [-0.2, -0.15) is 5.10 Å². The summed E-state index contributed by atoms with van der Waals surface area (Å²) in [4.78, 5) is 17.6. The minimum Gasteiger partial charge on any atom is -0.332 e. The van der Waals surface area contributed by atoms with Gasteiger partial charge >= 0.3 is 6.03 Å². The van der Waals surface area contributed by atoms with Gasteiger partial charge < -0.3 is 10.6 Å². The number of hydrogen-bond donors (Lipinski definition) is 2. The molecule has 2 heterocycles. The molecular formula is C22H20FN5OS. The lowest BCUT2D eigenvalue weighted by Crippen LogP contribution is -2.39. The molecule has 0 aliphatic carbocycles. The normalized spacial score (nSPS) is 12.9. The van der Waals surface area contributed by atoms with Gasteiger partial charge in [0.1, 0.15) is 18.5 Å². The summed E-state index contributed by atoms with van der Waals surface area (Å²) in [7, 11) is 0. The summed E-state index contributed by atoms with van der Waals surface area (Å²) in [5, 5.41) is 12.0. The lowest BCUT2D eigenvalue weighted by Gasteiger charge is -2.21. The molecule has 2 aromatic carbocycles. The maximum absolute atomic E-state index is 13.3. The van der Waals surface area contributed by atoms with Crippen LogP contribution in [0.15, 0.2) is 78.7 Å². The van der Waals surface area contributed by atoms with Gasteiger partial charge in [0.05, 0.1) is 17.8 Å². The highest BCUT2D eigenvalue weighted by Crippen LogP contribution is 2.26. The van der Waals surface area contributed by atoms with E-state index in [1.807, 2.05) is 48.7 Å². The first-order chi connectivity index (χ1) is 14.6. The average molecular weight is 422 g/mol. The van der Waals surface area contributed by atoms with Gasteiger partial charge in [-0.05, 0) is 53.8 Å². The van der Waals surface area contributed by atoms with Gasteiger partial charge in [-0.15, -0.1) is 11.3 Å². The third-order valence-electron chi connectivity index (χ3n) is 4.73. The summed E-state index contributed by atoms with van der Waals surface area (Å²) in [5.74, 6) is -0.309. The Hall–Kier alpha value is -3.52. The highest BCUT2D eigenvalue weighted by molar-refractivity contribution is 7.10. The summed E-state index contributed by atoms with van der Waals surface area (Å²) < 4.78 is 15.0. The van der Waals surface area contributed by atoms with Crippen molar-refractivity contribution < 1.29 is 9.18 Å². The number of nitrogens with zero attached hydrogens (tertiary/aromatic N) is 3. The molecule has 152 valence electrons. The fourth-order valence-electron chi connectivity index (χ4n) is 3.14. The van der Waals surface area contributed by atoms with Gasteiger partial charge in [-0.3, -0.25) is 0 Å². The second-order valence-corrected chi connectivity index (χ2v) is 7.75. The van der Waals surface area contributed by atoms with E-state index in [0.29, 0.717) is 0 Å². The van der Waals surface area contributed by atoms with E-state index in [2.05, 4.69) is 20.7 Å². The Morgan fingerprint density at radius 1 is 1.03 bits per heavy atom. The Kier molecular flexibility index (Phi) is 5.85. The first-order valence-corrected chi connectivity index (χ1v) is 10.3. The molecule has 4 aromatic rings. The van der Waals surface area contributed by atoms with Gasteiger partial charge in [-0.25, -0.2) is 18.9 Å². The second-order valence-electron chi connectivity index (χ2n) is 6.77. The molecule has 2 atom stereocenters. The quantitative estimate of drug-likeness (QED) is 0.477. The molecule has 4 rings (SSSR count). The number of nitrogens with one attached hydrogen (secondary N) is 2. The molecule has 0 radical (unpaired) electrons. The average Bonchev–Trinajstić information content (AvgIpc) is 3.47. The summed E-state index contributed by atoms with van der Waals surface area (Å²) >= 11 is 1.54. The molecule has 2 amide bonds. The summed E-state index contributed by atoms with van der Waals surface area (Å²) in [6.45, 7) is 1.92. The predicted molar refractivity (Wildman–Crippen MR) is 114 cm³/mol. The standard InChI is InChI=1S/C22H20FN5OS/c1-15(16-6-10-19(11-7-16)28-14-24-13-25-28)26-22(29)27-21(20-3-2-12-30-20)17-4-8-18(23)9-5-17/h2-15,21H,1H3,(H2,26,27,29). The topological polar surface area (TPSA) is 71.8 Å². The molecule has 6 nitrogen and oxygen atoms in total. The van der Waals surface area contributed by atoms with Crippen LogP contribution in [0.2, 0.25) is 0 Å². The zero-order valence-electron chi connectivity index (χ0n) is 16.2. The van der Waals surface area contributed by atoms with Crippen LogP contribution in [0.1, 0.15) is 35.0 Å². The highest BCUT2D eigenvalue weighted by atomic mass is 32.1. The molecule has 0 saturated heterocycles. The van der Waals surface area contributed by atoms with E-state index in [1.54, 1.807) is 23.1 Å². The zero-order chi connectivity index (χ0) is 20.9. The molecule has 0 fully saturated rings. The largest absolute Gasteiger partial charge is 0.332 e. The van der Waals surface area contributed by atoms with Gasteiger partial charge in [0.2, 0.25) is 0 Å². The molecule has 0 bridgehead atoms. The highest BCUT2D eigenvalue weighted by Gasteiger charge is 2.19. The third kappa shape index (κ3) is 4.55. The fraction of sp³-hybridized carbons (Fsp3) is 0.136. The second kappa shape index (κ2) is 8.87. The van der Waals surface area contributed by atoms with E-state index in [4.69, 9.17) is 0 Å². The lowest BCUT2D eigenvalue weighted by molar-refractivity contribution is 0.236. The van der Waals surface area contributed by atoms with Crippen molar-refractivity contribution in [2.24, 2.45) is 0 Å². The molecule has 8 heteroatoms. The van der Waals surface area contributed by atoms with E-state index >= 15 is 0 Å². The zero-order valence-corrected chi connectivity index (χ0v) is 17.0. The van der Waals surface area contributed by atoms with Crippen LogP contribution in [0.5, 0.6) is 0 Å². The molecule has 0 aliphatic heterocycles. The maximum Gasteiger partial charge on any atom is 0.316 e. The van der Waals surface area contributed by atoms with Crippen LogP contribution in [0, 0.1) is 5.82 Å². The van der Waals surface area contributed by atoms with Gasteiger partial charge in [0.25, 0.3) is 0 Å².